The molecule has 2 saturated heterocycles. The third-order valence-corrected chi connectivity index (χ3v) is 5.61. The number of aldehydes is 1. The van der Waals surface area contributed by atoms with Crippen LogP contribution in [-0.4, -0.2) is 68.1 Å². The highest BCUT2D eigenvalue weighted by Gasteiger charge is 2.35. The number of methoxy groups -OCH3 is 2. The average molecular weight is 589 g/mol. The summed E-state index contributed by atoms with van der Waals surface area (Å²) in [4.78, 5) is 19.8. The summed E-state index contributed by atoms with van der Waals surface area (Å²) in [6.07, 6.45) is -3.63. The summed E-state index contributed by atoms with van der Waals surface area (Å²) in [7, 11) is 2.53. The van der Waals surface area contributed by atoms with Crippen molar-refractivity contribution in [2.45, 2.75) is 45.5 Å². The maximum atomic E-state index is 12.9. The van der Waals surface area contributed by atoms with Crippen molar-refractivity contribution in [1.29, 1.82) is 0 Å². The summed E-state index contributed by atoms with van der Waals surface area (Å²) in [5, 5.41) is 3.11. The largest absolute Gasteiger partial charge is 0.481 e. The second kappa shape index (κ2) is 17.1. The zero-order valence-electron chi connectivity index (χ0n) is 21.0. The zero-order chi connectivity index (χ0) is 27.5. The molecule has 7 nitrogen and oxygen atoms in total. The van der Waals surface area contributed by atoms with Crippen molar-refractivity contribution >= 4 is 18.7 Å². The molecule has 0 radical (unpaired) electrons. The molecular formula is C25H35ClF6N4O3. The van der Waals surface area contributed by atoms with Crippen LogP contribution in [0.4, 0.5) is 26.3 Å². The van der Waals surface area contributed by atoms with Crippen molar-refractivity contribution in [3.63, 3.8) is 0 Å². The van der Waals surface area contributed by atoms with Gasteiger partial charge in [-0.1, -0.05) is 7.43 Å². The molecule has 4 heterocycles. The Bertz CT molecular complexity index is 997. The number of alkyl halides is 6. The van der Waals surface area contributed by atoms with Gasteiger partial charge in [0.05, 0.1) is 25.3 Å². The Labute approximate surface area is 230 Å². The number of hydrogen-bond acceptors (Lipinski definition) is 7. The third kappa shape index (κ3) is 12.0. The second-order valence-corrected chi connectivity index (χ2v) is 8.18. The minimum absolute atomic E-state index is 0. The number of aromatic nitrogens is 2. The van der Waals surface area contributed by atoms with Crippen LogP contribution in [0.5, 0.6) is 11.8 Å². The number of carbonyl (C=O) groups is 1. The topological polar surface area (TPSA) is 76.6 Å². The van der Waals surface area contributed by atoms with Gasteiger partial charge in [-0.3, -0.25) is 0 Å². The van der Waals surface area contributed by atoms with Crippen LogP contribution in [0.25, 0.3) is 0 Å². The molecule has 0 unspecified atom stereocenters. The Morgan fingerprint density at radius 3 is 1.67 bits per heavy atom. The number of rotatable bonds is 7. The Hall–Kier alpha value is -2.64. The van der Waals surface area contributed by atoms with Crippen molar-refractivity contribution < 1.29 is 40.6 Å². The van der Waals surface area contributed by atoms with Crippen molar-refractivity contribution in [2.24, 2.45) is 0 Å². The lowest BCUT2D eigenvalue weighted by Crippen LogP contribution is -2.38. The number of pyridine rings is 2. The van der Waals surface area contributed by atoms with E-state index in [0.717, 1.165) is 37.8 Å². The number of likely N-dealkylation sites (tertiary alicyclic amines) is 1. The van der Waals surface area contributed by atoms with Gasteiger partial charge in [0, 0.05) is 37.5 Å². The summed E-state index contributed by atoms with van der Waals surface area (Å²) in [6.45, 7) is 5.10. The maximum Gasteiger partial charge on any atom is 0.416 e. The molecule has 2 aromatic heterocycles. The van der Waals surface area contributed by atoms with Crippen LogP contribution in [0.15, 0.2) is 24.5 Å². The number of nitrogens with one attached hydrogen (secondary N) is 1. The molecule has 2 aliphatic heterocycles. The monoisotopic (exact) mass is 588 g/mol. The van der Waals surface area contributed by atoms with Crippen molar-refractivity contribution in [2.75, 3.05) is 46.9 Å². The summed E-state index contributed by atoms with van der Waals surface area (Å²) >= 11 is 0. The Kier molecular flexibility index (Phi) is 16.0. The first kappa shape index (κ1) is 36.4. The summed E-state index contributed by atoms with van der Waals surface area (Å²) < 4.78 is 85.5. The lowest BCUT2D eigenvalue weighted by Gasteiger charge is -2.30. The molecule has 0 spiro atoms. The Morgan fingerprint density at radius 2 is 1.33 bits per heavy atom. The first-order chi connectivity index (χ1) is 17.5. The van der Waals surface area contributed by atoms with Crippen LogP contribution in [0.3, 0.4) is 0 Å². The molecular weight excluding hydrogens is 554 g/mol. The number of halogens is 7. The quantitative estimate of drug-likeness (QED) is 0.350. The van der Waals surface area contributed by atoms with Crippen LogP contribution in [0.1, 0.15) is 42.5 Å². The van der Waals surface area contributed by atoms with E-state index in [1.165, 1.54) is 39.9 Å². The second-order valence-electron chi connectivity index (χ2n) is 8.18. The van der Waals surface area contributed by atoms with E-state index in [0.29, 0.717) is 19.3 Å². The smallest absolute Gasteiger partial charge is 0.416 e. The minimum Gasteiger partial charge on any atom is -0.481 e. The molecule has 0 atom stereocenters. The molecule has 2 aliphatic rings. The summed E-state index contributed by atoms with van der Waals surface area (Å²) in [6, 6.07) is 1.74. The Morgan fingerprint density at radius 1 is 0.897 bits per heavy atom. The van der Waals surface area contributed by atoms with E-state index >= 15 is 0 Å². The molecule has 0 aliphatic carbocycles. The van der Waals surface area contributed by atoms with E-state index in [1.54, 1.807) is 0 Å². The SMILES string of the molecule is C.C1CNC1.COc1cc(C(F)(F)F)c(CC=O)cn1.COc1cc(C(F)(F)F)c(CCN2CCC2)cn1.Cl. The van der Waals surface area contributed by atoms with Gasteiger partial charge in [-0.25, -0.2) is 9.97 Å². The van der Waals surface area contributed by atoms with Crippen LogP contribution >= 0.6 is 12.4 Å². The molecule has 222 valence electrons. The molecule has 0 bridgehead atoms. The van der Waals surface area contributed by atoms with E-state index in [-0.39, 0.29) is 49.1 Å². The van der Waals surface area contributed by atoms with Crippen LogP contribution < -0.4 is 14.8 Å². The molecule has 2 fully saturated rings. The van der Waals surface area contributed by atoms with E-state index in [1.807, 2.05) is 0 Å². The number of ether oxygens (including phenoxy) is 2. The molecule has 4 rings (SSSR count). The lowest BCUT2D eigenvalue weighted by molar-refractivity contribution is -0.139. The van der Waals surface area contributed by atoms with E-state index < -0.39 is 23.5 Å². The van der Waals surface area contributed by atoms with Crippen LogP contribution in [0.2, 0.25) is 0 Å². The molecule has 14 heteroatoms. The maximum absolute atomic E-state index is 12.9. The van der Waals surface area contributed by atoms with Crippen LogP contribution in [-0.2, 0) is 30.0 Å². The standard InChI is InChI=1S/C12H15F3N2O.C9H8F3NO2.C3H7N.CH4.ClH/c1-18-11-7-10(12(13,14)15)9(8-16-11)3-6-17-4-2-5-17;1-15-8-4-7(9(10,11)12)6(2-3-14)5-13-8;1-2-4-3-1;;/h7-8H,2-6H2,1H3;3-5H,2H2,1H3;4H,1-3H2;1H4;1H. The fourth-order valence-electron chi connectivity index (χ4n) is 3.19. The highest BCUT2D eigenvalue weighted by atomic mass is 35.5. The predicted octanol–water partition coefficient (Wildman–Crippen LogP) is 5.25. The Balaban J connectivity index is 0.000000625. The summed E-state index contributed by atoms with van der Waals surface area (Å²) in [5.74, 6) is -0.132. The highest BCUT2D eigenvalue weighted by molar-refractivity contribution is 5.85. The average Bonchev–Trinajstić information content (AvgIpc) is 2.76. The number of carbonyl (C=O) groups excluding carboxylic acids is 1. The highest BCUT2D eigenvalue weighted by Crippen LogP contribution is 2.34. The van der Waals surface area contributed by atoms with Gasteiger partial charge in [-0.2, -0.15) is 26.3 Å². The molecule has 39 heavy (non-hydrogen) atoms. The van der Waals surface area contributed by atoms with Crippen molar-refractivity contribution in [3.05, 3.63) is 46.8 Å². The molecule has 0 amide bonds. The first-order valence-corrected chi connectivity index (χ1v) is 11.6. The van der Waals surface area contributed by atoms with E-state index in [9.17, 15) is 31.1 Å². The van der Waals surface area contributed by atoms with Crippen molar-refractivity contribution in [1.82, 2.24) is 20.2 Å². The van der Waals surface area contributed by atoms with Crippen LogP contribution in [0, 0.1) is 0 Å². The molecule has 1 N–H and O–H groups in total. The van der Waals surface area contributed by atoms with E-state index in [2.05, 4.69) is 24.9 Å². The minimum atomic E-state index is -4.51. The third-order valence-electron chi connectivity index (χ3n) is 5.61. The van der Waals surface area contributed by atoms with Gasteiger partial charge in [0.2, 0.25) is 11.8 Å². The first-order valence-electron chi connectivity index (χ1n) is 11.6. The van der Waals surface area contributed by atoms with Gasteiger partial charge >= 0.3 is 12.4 Å². The van der Waals surface area contributed by atoms with Gasteiger partial charge in [-0.05, 0) is 56.6 Å². The summed E-state index contributed by atoms with van der Waals surface area (Å²) in [5.41, 5.74) is -1.45. The fraction of sp³-hybridized carbons (Fsp3) is 0.560. The zero-order valence-corrected chi connectivity index (χ0v) is 21.8. The normalized spacial score (nSPS) is 14.4. The van der Waals surface area contributed by atoms with Gasteiger partial charge < -0.3 is 24.5 Å². The molecule has 0 aromatic carbocycles. The predicted molar refractivity (Wildman–Crippen MR) is 138 cm³/mol. The van der Waals surface area contributed by atoms with E-state index in [4.69, 9.17) is 4.74 Å². The lowest BCUT2D eigenvalue weighted by atomic mass is 10.1. The van der Waals surface area contributed by atoms with Gasteiger partial charge in [0.25, 0.3) is 0 Å². The van der Waals surface area contributed by atoms with Gasteiger partial charge in [0.1, 0.15) is 6.29 Å². The van der Waals surface area contributed by atoms with Gasteiger partial charge in [-0.15, -0.1) is 12.4 Å². The van der Waals surface area contributed by atoms with Crippen molar-refractivity contribution in [3.8, 4) is 11.8 Å². The number of nitrogens with zero attached hydrogens (tertiary/aromatic N) is 3. The van der Waals surface area contributed by atoms with Gasteiger partial charge in [0.15, 0.2) is 0 Å². The molecule has 2 aromatic rings. The molecule has 0 saturated carbocycles. The number of hydrogen-bond donors (Lipinski definition) is 1. The fourth-order valence-corrected chi connectivity index (χ4v) is 3.19.